The van der Waals surface area contributed by atoms with E-state index in [1.807, 2.05) is 0 Å². The third kappa shape index (κ3) is 4.16. The molecule has 0 saturated carbocycles. The summed E-state index contributed by atoms with van der Waals surface area (Å²) < 4.78 is 8.66. The largest absolute Gasteiger partial charge is 0.456 e. The minimum absolute atomic E-state index is 0.733. The van der Waals surface area contributed by atoms with Crippen molar-refractivity contribution >= 4 is 107 Å². The highest BCUT2D eigenvalue weighted by atomic mass is 32.1. The Balaban J connectivity index is 1.06. The molecule has 3 heterocycles. The number of furan rings is 1. The van der Waals surface area contributed by atoms with Crippen LogP contribution >= 0.6 is 11.3 Å². The van der Waals surface area contributed by atoms with E-state index in [2.05, 4.69) is 170 Å². The fourth-order valence-electron chi connectivity index (χ4n) is 9.28. The number of rotatable bonds is 3. The topological polar surface area (TPSA) is 38.9 Å². The molecule has 0 aliphatic carbocycles. The van der Waals surface area contributed by atoms with Crippen molar-refractivity contribution in [3.8, 4) is 33.8 Å². The van der Waals surface area contributed by atoms with E-state index in [-0.39, 0.29) is 0 Å². The molecule has 0 atom stereocenters. The van der Waals surface area contributed by atoms with Gasteiger partial charge in [-0.25, -0.2) is 9.97 Å². The second-order valence-electron chi connectivity index (χ2n) is 14.8. The third-order valence-electron chi connectivity index (χ3n) is 11.8. The van der Waals surface area contributed by atoms with Crippen molar-refractivity contribution in [3.05, 3.63) is 170 Å². The molecule has 0 unspecified atom stereocenters. The normalized spacial score (nSPS) is 12.3. The summed E-state index contributed by atoms with van der Waals surface area (Å²) in [6, 6.07) is 61.4. The Labute approximate surface area is 324 Å². The van der Waals surface area contributed by atoms with Crippen LogP contribution in [0.5, 0.6) is 0 Å². The molecule has 3 aromatic heterocycles. The highest BCUT2D eigenvalue weighted by Crippen LogP contribution is 2.45. The Kier molecular flexibility index (Phi) is 6.04. The predicted octanol–water partition coefficient (Wildman–Crippen LogP) is 14.9. The second kappa shape index (κ2) is 11.2. The fourth-order valence-corrected chi connectivity index (χ4v) is 10.4. The van der Waals surface area contributed by atoms with Crippen molar-refractivity contribution in [1.82, 2.24) is 9.97 Å². The summed E-state index contributed by atoms with van der Waals surface area (Å²) in [5.74, 6) is 0.733. The van der Waals surface area contributed by atoms with Gasteiger partial charge in [0.25, 0.3) is 0 Å². The van der Waals surface area contributed by atoms with Crippen LogP contribution in [0.25, 0.3) is 130 Å². The molecule has 4 heteroatoms. The number of nitrogens with zero attached hydrogens (tertiary/aromatic N) is 2. The van der Waals surface area contributed by atoms with Gasteiger partial charge in [-0.2, -0.15) is 0 Å². The average molecular weight is 729 g/mol. The summed E-state index contributed by atoms with van der Waals surface area (Å²) in [7, 11) is 0. The lowest BCUT2D eigenvalue weighted by molar-refractivity contribution is 0.669. The predicted molar refractivity (Wildman–Crippen MR) is 237 cm³/mol. The Morgan fingerprint density at radius 1 is 0.357 bits per heavy atom. The molecule has 0 amide bonds. The van der Waals surface area contributed by atoms with Gasteiger partial charge >= 0.3 is 0 Å². The average Bonchev–Trinajstić information content (AvgIpc) is 3.85. The molecule has 0 saturated heterocycles. The Morgan fingerprint density at radius 3 is 1.54 bits per heavy atom. The number of aromatic nitrogens is 2. The lowest BCUT2D eigenvalue weighted by Gasteiger charge is -2.14. The van der Waals surface area contributed by atoms with Gasteiger partial charge in [-0.1, -0.05) is 133 Å². The maximum Gasteiger partial charge on any atom is 0.160 e. The quantitative estimate of drug-likeness (QED) is 0.170. The second-order valence-corrected chi connectivity index (χ2v) is 15.9. The lowest BCUT2D eigenvalue weighted by atomic mass is 9.89. The third-order valence-corrected chi connectivity index (χ3v) is 13.0. The van der Waals surface area contributed by atoms with Crippen molar-refractivity contribution in [2.24, 2.45) is 0 Å². The van der Waals surface area contributed by atoms with Crippen molar-refractivity contribution in [2.75, 3.05) is 0 Å². The van der Waals surface area contributed by atoms with Crippen LogP contribution in [-0.2, 0) is 0 Å². The first-order valence-electron chi connectivity index (χ1n) is 19.0. The van der Waals surface area contributed by atoms with Gasteiger partial charge in [0.1, 0.15) is 11.2 Å². The summed E-state index contributed by atoms with van der Waals surface area (Å²) in [5, 5.41) is 15.9. The zero-order valence-corrected chi connectivity index (χ0v) is 30.7. The van der Waals surface area contributed by atoms with E-state index in [1.54, 1.807) is 11.3 Å². The number of fused-ring (bicyclic) bond motifs is 12. The van der Waals surface area contributed by atoms with Gasteiger partial charge in [-0.05, 0) is 101 Å². The van der Waals surface area contributed by atoms with Crippen LogP contribution in [0.2, 0.25) is 0 Å². The van der Waals surface area contributed by atoms with Crippen LogP contribution in [0.15, 0.2) is 174 Å². The van der Waals surface area contributed by atoms with E-state index >= 15 is 0 Å². The van der Waals surface area contributed by atoms with Crippen molar-refractivity contribution in [1.29, 1.82) is 0 Å². The van der Waals surface area contributed by atoms with E-state index in [9.17, 15) is 0 Å². The monoisotopic (exact) mass is 728 g/mol. The lowest BCUT2D eigenvalue weighted by Crippen LogP contribution is -1.94. The minimum atomic E-state index is 0.733. The fraction of sp³-hybridized carbons (Fsp3) is 0. The summed E-state index contributed by atoms with van der Waals surface area (Å²) in [5.41, 5.74) is 8.31. The van der Waals surface area contributed by atoms with Gasteiger partial charge < -0.3 is 4.42 Å². The molecule has 258 valence electrons. The summed E-state index contributed by atoms with van der Waals surface area (Å²) in [4.78, 5) is 10.6. The zero-order valence-electron chi connectivity index (χ0n) is 29.9. The molecule has 13 rings (SSSR count). The zero-order chi connectivity index (χ0) is 36.5. The first-order valence-corrected chi connectivity index (χ1v) is 19.8. The highest BCUT2D eigenvalue weighted by molar-refractivity contribution is 7.26. The molecule has 0 radical (unpaired) electrons. The van der Waals surface area contributed by atoms with Gasteiger partial charge in [0.2, 0.25) is 0 Å². The molecular formula is C52H28N2OS. The molecule has 0 spiro atoms. The van der Waals surface area contributed by atoms with E-state index in [1.165, 1.54) is 80.5 Å². The SMILES string of the molecule is c1ccc(-c2nc(-c3ccc4c5ccccc5c5ccc(-c6ccc7c(c6)c6cccc8oc9cccc7c9c86)cc5c4c3)nc3c2sc2ccccc23)cc1. The van der Waals surface area contributed by atoms with Gasteiger partial charge in [0, 0.05) is 32.0 Å². The number of hydrogen-bond acceptors (Lipinski definition) is 4. The molecule has 56 heavy (non-hydrogen) atoms. The molecule has 0 aliphatic heterocycles. The molecule has 0 bridgehead atoms. The van der Waals surface area contributed by atoms with Crippen LogP contribution in [0.4, 0.5) is 0 Å². The smallest absolute Gasteiger partial charge is 0.160 e. The first kappa shape index (κ1) is 30.2. The first-order chi connectivity index (χ1) is 27.7. The maximum atomic E-state index is 6.32. The maximum absolute atomic E-state index is 6.32. The highest BCUT2D eigenvalue weighted by Gasteiger charge is 2.20. The molecule has 0 fully saturated rings. The van der Waals surface area contributed by atoms with E-state index in [4.69, 9.17) is 14.4 Å². The van der Waals surface area contributed by atoms with Crippen molar-refractivity contribution < 1.29 is 4.42 Å². The van der Waals surface area contributed by atoms with Crippen LogP contribution < -0.4 is 0 Å². The van der Waals surface area contributed by atoms with Gasteiger partial charge in [0.15, 0.2) is 5.82 Å². The van der Waals surface area contributed by atoms with Gasteiger partial charge in [0.05, 0.1) is 15.9 Å². The number of benzene rings is 10. The van der Waals surface area contributed by atoms with Crippen molar-refractivity contribution in [2.45, 2.75) is 0 Å². The molecule has 10 aromatic carbocycles. The Bertz CT molecular complexity index is 3770. The number of thiophene rings is 1. The molecule has 0 N–H and O–H groups in total. The Hall–Kier alpha value is -7.14. The van der Waals surface area contributed by atoms with E-state index in [0.29, 0.717) is 0 Å². The van der Waals surface area contributed by atoms with Crippen molar-refractivity contribution in [3.63, 3.8) is 0 Å². The van der Waals surface area contributed by atoms with E-state index < -0.39 is 0 Å². The van der Waals surface area contributed by atoms with Gasteiger partial charge in [-0.3, -0.25) is 0 Å². The summed E-state index contributed by atoms with van der Waals surface area (Å²) in [6.07, 6.45) is 0. The molecular weight excluding hydrogens is 701 g/mol. The molecule has 0 aliphatic rings. The van der Waals surface area contributed by atoms with Crippen LogP contribution in [0.3, 0.4) is 0 Å². The Morgan fingerprint density at radius 2 is 0.857 bits per heavy atom. The van der Waals surface area contributed by atoms with E-state index in [0.717, 1.165) is 49.4 Å². The standard InChI is InChI=1S/C52H28N2OS/c1-2-10-29(11-3-1)49-51-50(40-14-6-7-19-46(40)56-51)54-52(53-49)32-22-25-36-34-13-5-4-12-33(34)35-23-20-31(27-42(35)43(36)28-32)30-21-24-37-38-15-8-17-44-47(38)48-39(41(37)26-30)16-9-18-45(48)55-44/h1-28H. The molecule has 13 aromatic rings. The molecule has 3 nitrogen and oxygen atoms in total. The summed E-state index contributed by atoms with van der Waals surface area (Å²) in [6.45, 7) is 0. The van der Waals surface area contributed by atoms with Crippen LogP contribution in [0.1, 0.15) is 0 Å². The minimum Gasteiger partial charge on any atom is -0.456 e. The van der Waals surface area contributed by atoms with Crippen LogP contribution in [-0.4, -0.2) is 9.97 Å². The van der Waals surface area contributed by atoms with Crippen LogP contribution in [0, 0.1) is 0 Å². The summed E-state index contributed by atoms with van der Waals surface area (Å²) >= 11 is 1.77. The number of hydrogen-bond donors (Lipinski definition) is 0. The van der Waals surface area contributed by atoms with Gasteiger partial charge in [-0.15, -0.1) is 11.3 Å².